The molecule has 96 valence electrons. The van der Waals surface area contributed by atoms with Crippen LogP contribution in [0.25, 0.3) is 0 Å². The summed E-state index contributed by atoms with van der Waals surface area (Å²) in [6.45, 7) is 6.02. The molecular weight excluding hydrogens is 256 g/mol. The third-order valence-electron chi connectivity index (χ3n) is 2.89. The Kier molecular flexibility index (Phi) is 4.62. The first-order valence-corrected chi connectivity index (χ1v) is 8.01. The molecule has 0 fully saturated rings. The molecule has 0 aliphatic carbocycles. The molecule has 0 radical (unpaired) electrons. The van der Waals surface area contributed by atoms with Crippen molar-refractivity contribution in [1.29, 1.82) is 0 Å². The van der Waals surface area contributed by atoms with E-state index < -0.39 is 9.84 Å². The van der Waals surface area contributed by atoms with Crippen LogP contribution in [-0.4, -0.2) is 20.1 Å². The van der Waals surface area contributed by atoms with Crippen molar-refractivity contribution in [2.45, 2.75) is 37.0 Å². The van der Waals surface area contributed by atoms with E-state index in [1.165, 1.54) is 6.26 Å². The van der Waals surface area contributed by atoms with Gasteiger partial charge in [-0.2, -0.15) is 0 Å². The van der Waals surface area contributed by atoms with Crippen molar-refractivity contribution in [2.24, 2.45) is 5.92 Å². The minimum Gasteiger partial charge on any atom is -0.224 e. The molecule has 0 bridgehead atoms. The zero-order valence-corrected chi connectivity index (χ0v) is 12.2. The number of sulfone groups is 1. The van der Waals surface area contributed by atoms with Crippen molar-refractivity contribution in [3.05, 3.63) is 29.8 Å². The lowest BCUT2D eigenvalue weighted by Crippen LogP contribution is -2.18. The molecule has 17 heavy (non-hydrogen) atoms. The average Bonchev–Trinajstić information content (AvgIpc) is 2.15. The zero-order valence-electron chi connectivity index (χ0n) is 10.6. The van der Waals surface area contributed by atoms with E-state index in [-0.39, 0.29) is 11.3 Å². The van der Waals surface area contributed by atoms with Crippen molar-refractivity contribution in [2.75, 3.05) is 6.26 Å². The van der Waals surface area contributed by atoms with Gasteiger partial charge in [-0.25, -0.2) is 8.42 Å². The molecule has 0 saturated carbocycles. The second-order valence-electron chi connectivity index (χ2n) is 4.76. The molecule has 1 aromatic rings. The predicted octanol–water partition coefficient (Wildman–Crippen LogP) is 3.46. The van der Waals surface area contributed by atoms with E-state index in [9.17, 15) is 8.42 Å². The minimum absolute atomic E-state index is 0.0441. The summed E-state index contributed by atoms with van der Waals surface area (Å²) in [5.41, 5.74) is 0.826. The first-order valence-electron chi connectivity index (χ1n) is 5.68. The third kappa shape index (κ3) is 3.46. The van der Waals surface area contributed by atoms with E-state index >= 15 is 0 Å². The quantitative estimate of drug-likeness (QED) is 0.788. The van der Waals surface area contributed by atoms with Crippen LogP contribution in [0.5, 0.6) is 0 Å². The monoisotopic (exact) mass is 274 g/mol. The summed E-state index contributed by atoms with van der Waals surface area (Å²) in [6, 6.07) is 7.12. The summed E-state index contributed by atoms with van der Waals surface area (Å²) in [5.74, 6) is 0.341. The second kappa shape index (κ2) is 5.40. The number of hydrogen-bond donors (Lipinski definition) is 0. The summed E-state index contributed by atoms with van der Waals surface area (Å²) in [6.07, 6.45) is 1.24. The molecule has 0 N–H and O–H groups in total. The summed E-state index contributed by atoms with van der Waals surface area (Å²) in [7, 11) is -3.20. The van der Waals surface area contributed by atoms with Crippen LogP contribution in [0.1, 0.15) is 32.3 Å². The molecule has 0 saturated heterocycles. The Morgan fingerprint density at radius 1 is 1.12 bits per heavy atom. The molecule has 1 rings (SSSR count). The molecule has 0 aliphatic heterocycles. The normalized spacial score (nSPS) is 15.9. The largest absolute Gasteiger partial charge is 0.224 e. The number of hydrogen-bond acceptors (Lipinski definition) is 2. The Balaban J connectivity index is 3.39. The molecular formula is C13H19ClO2S. The van der Waals surface area contributed by atoms with E-state index in [4.69, 9.17) is 11.6 Å². The lowest BCUT2D eigenvalue weighted by atomic mass is 9.86. The molecule has 0 aliphatic rings. The Bertz CT molecular complexity index is 470. The zero-order chi connectivity index (χ0) is 13.2. The SMILES string of the molecule is CC(C)C(c1ccccc1S(C)(=O)=O)C(C)Cl. The maximum atomic E-state index is 11.8. The summed E-state index contributed by atoms with van der Waals surface area (Å²) >= 11 is 6.20. The number of benzene rings is 1. The van der Waals surface area contributed by atoms with Gasteiger partial charge in [0.2, 0.25) is 0 Å². The summed E-state index contributed by atoms with van der Waals surface area (Å²) in [4.78, 5) is 0.395. The van der Waals surface area contributed by atoms with Crippen LogP contribution < -0.4 is 0 Å². The van der Waals surface area contributed by atoms with Gasteiger partial charge >= 0.3 is 0 Å². The van der Waals surface area contributed by atoms with Crippen molar-refractivity contribution in [1.82, 2.24) is 0 Å². The highest BCUT2D eigenvalue weighted by molar-refractivity contribution is 7.90. The first kappa shape index (κ1) is 14.5. The van der Waals surface area contributed by atoms with Gasteiger partial charge in [-0.15, -0.1) is 11.6 Å². The van der Waals surface area contributed by atoms with Gasteiger partial charge in [-0.05, 0) is 24.5 Å². The van der Waals surface area contributed by atoms with Crippen molar-refractivity contribution in [3.63, 3.8) is 0 Å². The highest BCUT2D eigenvalue weighted by Crippen LogP contribution is 2.34. The van der Waals surface area contributed by atoms with Crippen molar-refractivity contribution >= 4 is 21.4 Å². The van der Waals surface area contributed by atoms with E-state index in [1.54, 1.807) is 12.1 Å². The van der Waals surface area contributed by atoms with Crippen LogP contribution in [0.15, 0.2) is 29.2 Å². The fourth-order valence-corrected chi connectivity index (χ4v) is 3.62. The van der Waals surface area contributed by atoms with E-state index in [0.717, 1.165) is 5.56 Å². The number of rotatable bonds is 4. The van der Waals surface area contributed by atoms with Crippen molar-refractivity contribution in [3.8, 4) is 0 Å². The highest BCUT2D eigenvalue weighted by Gasteiger charge is 2.26. The average molecular weight is 275 g/mol. The highest BCUT2D eigenvalue weighted by atomic mass is 35.5. The molecule has 0 spiro atoms. The van der Waals surface area contributed by atoms with E-state index in [0.29, 0.717) is 10.8 Å². The van der Waals surface area contributed by atoms with Crippen LogP contribution in [0.3, 0.4) is 0 Å². The smallest absolute Gasteiger partial charge is 0.175 e. The molecule has 0 aromatic heterocycles. The molecule has 0 amide bonds. The fraction of sp³-hybridized carbons (Fsp3) is 0.538. The van der Waals surface area contributed by atoms with Crippen LogP contribution in [0, 0.1) is 5.92 Å². The Morgan fingerprint density at radius 2 is 1.65 bits per heavy atom. The van der Waals surface area contributed by atoms with Crippen LogP contribution >= 0.6 is 11.6 Å². The van der Waals surface area contributed by atoms with Gasteiger partial charge in [-0.3, -0.25) is 0 Å². The maximum Gasteiger partial charge on any atom is 0.175 e. The standard InChI is InChI=1S/C13H19ClO2S/c1-9(2)13(10(3)14)11-7-5-6-8-12(11)17(4,15)16/h5-10,13H,1-4H3. The number of halogens is 1. The third-order valence-corrected chi connectivity index (χ3v) is 4.33. The van der Waals surface area contributed by atoms with Gasteiger partial charge in [-0.1, -0.05) is 32.0 Å². The van der Waals surface area contributed by atoms with Crippen LogP contribution in [-0.2, 0) is 9.84 Å². The number of alkyl halides is 1. The Morgan fingerprint density at radius 3 is 2.06 bits per heavy atom. The van der Waals surface area contributed by atoms with Crippen LogP contribution in [0.2, 0.25) is 0 Å². The van der Waals surface area contributed by atoms with Gasteiger partial charge in [0.05, 0.1) is 4.90 Å². The summed E-state index contributed by atoms with van der Waals surface area (Å²) < 4.78 is 23.5. The Hall–Kier alpha value is -0.540. The fourth-order valence-electron chi connectivity index (χ4n) is 2.23. The van der Waals surface area contributed by atoms with Crippen molar-refractivity contribution < 1.29 is 8.42 Å². The molecule has 2 unspecified atom stereocenters. The molecule has 0 heterocycles. The van der Waals surface area contributed by atoms with Gasteiger partial charge in [0, 0.05) is 17.6 Å². The molecule has 4 heteroatoms. The minimum atomic E-state index is -3.20. The Labute approximate surface area is 109 Å². The van der Waals surface area contributed by atoms with Gasteiger partial charge in [0.15, 0.2) is 9.84 Å². The first-order chi connectivity index (χ1) is 7.75. The van der Waals surface area contributed by atoms with Crippen LogP contribution in [0.4, 0.5) is 0 Å². The molecule has 2 nitrogen and oxygen atoms in total. The molecule has 1 aromatic carbocycles. The van der Waals surface area contributed by atoms with E-state index in [2.05, 4.69) is 13.8 Å². The molecule has 2 atom stereocenters. The topological polar surface area (TPSA) is 34.1 Å². The summed E-state index contributed by atoms with van der Waals surface area (Å²) in [5, 5.41) is -0.0992. The van der Waals surface area contributed by atoms with Gasteiger partial charge in [0.1, 0.15) is 0 Å². The lowest BCUT2D eigenvalue weighted by Gasteiger charge is -2.25. The predicted molar refractivity (Wildman–Crippen MR) is 72.4 cm³/mol. The lowest BCUT2D eigenvalue weighted by molar-refractivity contribution is 0.482. The van der Waals surface area contributed by atoms with Gasteiger partial charge < -0.3 is 0 Å². The van der Waals surface area contributed by atoms with E-state index in [1.807, 2.05) is 19.1 Å². The maximum absolute atomic E-state index is 11.8. The van der Waals surface area contributed by atoms with Gasteiger partial charge in [0.25, 0.3) is 0 Å². The second-order valence-corrected chi connectivity index (χ2v) is 7.43.